The van der Waals surface area contributed by atoms with Crippen molar-refractivity contribution in [2.24, 2.45) is 0 Å². The fourth-order valence-corrected chi connectivity index (χ4v) is 3.84. The molecular formula is C21H16N4O4. The molecule has 29 heavy (non-hydrogen) atoms. The van der Waals surface area contributed by atoms with Crippen LogP contribution in [-0.2, 0) is 16.9 Å². The molecule has 2 aromatic heterocycles. The van der Waals surface area contributed by atoms with Crippen LogP contribution < -0.4 is 14.8 Å². The molecular weight excluding hydrogens is 372 g/mol. The third-order valence-corrected chi connectivity index (χ3v) is 5.43. The molecule has 3 aromatic rings. The topological polar surface area (TPSA) is 96.1 Å². The number of nitriles is 1. The van der Waals surface area contributed by atoms with Gasteiger partial charge in [-0.15, -0.1) is 0 Å². The number of fused-ring (bicyclic) bond motifs is 2. The molecule has 144 valence electrons. The van der Waals surface area contributed by atoms with Crippen LogP contribution in [0, 0.1) is 11.3 Å². The highest BCUT2D eigenvalue weighted by Crippen LogP contribution is 2.38. The maximum atomic E-state index is 13.2. The first-order valence-corrected chi connectivity index (χ1v) is 9.04. The number of carbonyl (C=O) groups excluding carboxylic acids is 2. The van der Waals surface area contributed by atoms with Crippen molar-refractivity contribution in [2.45, 2.75) is 19.0 Å². The summed E-state index contributed by atoms with van der Waals surface area (Å²) in [4.78, 5) is 27.1. The molecule has 2 aliphatic rings. The van der Waals surface area contributed by atoms with Crippen molar-refractivity contribution < 1.29 is 19.1 Å². The van der Waals surface area contributed by atoms with Crippen molar-refractivity contribution in [2.75, 3.05) is 6.79 Å². The summed E-state index contributed by atoms with van der Waals surface area (Å²) in [5, 5.41) is 12.4. The van der Waals surface area contributed by atoms with Gasteiger partial charge in [0.15, 0.2) is 11.5 Å². The molecule has 0 aliphatic carbocycles. The van der Waals surface area contributed by atoms with Gasteiger partial charge in [-0.25, -0.2) is 4.79 Å². The maximum Gasteiger partial charge on any atom is 0.325 e. The van der Waals surface area contributed by atoms with Gasteiger partial charge in [-0.1, -0.05) is 12.1 Å². The number of ether oxygens (including phenoxy) is 2. The molecule has 0 radical (unpaired) electrons. The molecule has 1 fully saturated rings. The summed E-state index contributed by atoms with van der Waals surface area (Å²) in [6, 6.07) is 12.4. The summed E-state index contributed by atoms with van der Waals surface area (Å²) in [5.74, 6) is 0.750. The number of urea groups is 1. The van der Waals surface area contributed by atoms with E-state index in [1.54, 1.807) is 31.3 Å². The van der Waals surface area contributed by atoms with E-state index in [0.29, 0.717) is 28.2 Å². The van der Waals surface area contributed by atoms with Crippen LogP contribution in [0.15, 0.2) is 48.8 Å². The number of nitrogens with zero attached hydrogens (tertiary/aromatic N) is 3. The summed E-state index contributed by atoms with van der Waals surface area (Å²) in [6.07, 6.45) is 3.59. The Morgan fingerprint density at radius 3 is 2.86 bits per heavy atom. The highest BCUT2D eigenvalue weighted by molar-refractivity contribution is 6.07. The zero-order valence-electron chi connectivity index (χ0n) is 15.5. The van der Waals surface area contributed by atoms with E-state index in [1.807, 2.05) is 28.8 Å². The first kappa shape index (κ1) is 17.1. The van der Waals surface area contributed by atoms with E-state index in [9.17, 15) is 14.9 Å². The van der Waals surface area contributed by atoms with Gasteiger partial charge >= 0.3 is 6.03 Å². The highest BCUT2D eigenvalue weighted by atomic mass is 16.7. The second-order valence-corrected chi connectivity index (χ2v) is 7.15. The standard InChI is InChI=1S/C21H16N4O4/c1-21(14-5-6-17-18(8-14)29-12-28-17)19(26)25(20(27)23-21)11-13-10-24-7-3-2-4-16(24)15(13)9-22/h2-8,10H,11-12H2,1H3,(H,23,27). The number of benzene rings is 1. The molecule has 2 aliphatic heterocycles. The highest BCUT2D eigenvalue weighted by Gasteiger charge is 2.49. The predicted molar refractivity (Wildman–Crippen MR) is 101 cm³/mol. The Morgan fingerprint density at radius 1 is 1.21 bits per heavy atom. The lowest BCUT2D eigenvalue weighted by atomic mass is 9.91. The monoisotopic (exact) mass is 388 g/mol. The zero-order chi connectivity index (χ0) is 20.2. The Morgan fingerprint density at radius 2 is 2.03 bits per heavy atom. The number of hydrogen-bond donors (Lipinski definition) is 1. The number of rotatable bonds is 3. The minimum Gasteiger partial charge on any atom is -0.454 e. The second kappa shape index (κ2) is 6.01. The van der Waals surface area contributed by atoms with E-state index >= 15 is 0 Å². The molecule has 0 spiro atoms. The van der Waals surface area contributed by atoms with E-state index in [4.69, 9.17) is 9.47 Å². The molecule has 1 atom stereocenters. The number of nitrogens with one attached hydrogen (secondary N) is 1. The van der Waals surface area contributed by atoms with Crippen molar-refractivity contribution in [3.63, 3.8) is 0 Å². The molecule has 5 rings (SSSR count). The third kappa shape index (κ3) is 2.44. The lowest BCUT2D eigenvalue weighted by Gasteiger charge is -2.22. The van der Waals surface area contributed by atoms with Crippen LogP contribution in [0.2, 0.25) is 0 Å². The van der Waals surface area contributed by atoms with Gasteiger partial charge in [0.05, 0.1) is 17.6 Å². The van der Waals surface area contributed by atoms with Gasteiger partial charge in [-0.2, -0.15) is 5.26 Å². The Hall–Kier alpha value is -3.99. The van der Waals surface area contributed by atoms with Gasteiger partial charge in [0.1, 0.15) is 11.6 Å². The predicted octanol–water partition coefficient (Wildman–Crippen LogP) is 2.51. The molecule has 1 N–H and O–H groups in total. The molecule has 1 unspecified atom stereocenters. The lowest BCUT2D eigenvalue weighted by Crippen LogP contribution is -2.40. The van der Waals surface area contributed by atoms with Gasteiger partial charge in [-0.3, -0.25) is 9.69 Å². The van der Waals surface area contributed by atoms with Crippen LogP contribution in [0.3, 0.4) is 0 Å². The van der Waals surface area contributed by atoms with Gasteiger partial charge in [-0.05, 0) is 36.8 Å². The van der Waals surface area contributed by atoms with E-state index in [-0.39, 0.29) is 19.2 Å². The van der Waals surface area contributed by atoms with Crippen LogP contribution in [0.25, 0.3) is 5.52 Å². The van der Waals surface area contributed by atoms with Crippen LogP contribution in [0.1, 0.15) is 23.6 Å². The van der Waals surface area contributed by atoms with E-state index in [2.05, 4.69) is 11.4 Å². The quantitative estimate of drug-likeness (QED) is 0.696. The normalized spacial score (nSPS) is 20.2. The van der Waals surface area contributed by atoms with Gasteiger partial charge in [0, 0.05) is 18.0 Å². The van der Waals surface area contributed by atoms with Gasteiger partial charge in [0.25, 0.3) is 5.91 Å². The SMILES string of the molecule is CC1(c2ccc3c(c2)OCO3)NC(=O)N(Cc2cn3ccccc3c2C#N)C1=O. The summed E-state index contributed by atoms with van der Waals surface area (Å²) >= 11 is 0. The zero-order valence-corrected chi connectivity index (χ0v) is 15.5. The minimum atomic E-state index is -1.23. The lowest BCUT2D eigenvalue weighted by molar-refractivity contribution is -0.131. The van der Waals surface area contributed by atoms with Crippen molar-refractivity contribution in [1.82, 2.24) is 14.6 Å². The molecule has 4 heterocycles. The largest absolute Gasteiger partial charge is 0.454 e. The molecule has 8 nitrogen and oxygen atoms in total. The van der Waals surface area contributed by atoms with Crippen molar-refractivity contribution >= 4 is 17.5 Å². The Labute approximate surface area is 165 Å². The van der Waals surface area contributed by atoms with Crippen LogP contribution in [0.5, 0.6) is 11.5 Å². The number of aromatic nitrogens is 1. The number of amides is 3. The molecule has 1 aromatic carbocycles. The Kier molecular flexibility index (Phi) is 3.55. The number of hydrogen-bond acceptors (Lipinski definition) is 5. The molecule has 1 saturated heterocycles. The second-order valence-electron chi connectivity index (χ2n) is 7.15. The van der Waals surface area contributed by atoms with Crippen LogP contribution in [-0.4, -0.2) is 28.0 Å². The average molecular weight is 388 g/mol. The van der Waals surface area contributed by atoms with Crippen molar-refractivity contribution in [3.8, 4) is 17.6 Å². The molecule has 3 amide bonds. The van der Waals surface area contributed by atoms with Crippen molar-refractivity contribution in [3.05, 3.63) is 65.5 Å². The summed E-state index contributed by atoms with van der Waals surface area (Å²) in [5.41, 5.74) is 1.16. The number of carbonyl (C=O) groups is 2. The Balaban J connectivity index is 1.49. The number of pyridine rings is 1. The van der Waals surface area contributed by atoms with Crippen LogP contribution >= 0.6 is 0 Å². The smallest absolute Gasteiger partial charge is 0.325 e. The van der Waals surface area contributed by atoms with Gasteiger partial charge < -0.3 is 19.2 Å². The number of imide groups is 1. The van der Waals surface area contributed by atoms with Crippen LogP contribution in [0.4, 0.5) is 4.79 Å². The fourth-order valence-electron chi connectivity index (χ4n) is 3.84. The fraction of sp³-hybridized carbons (Fsp3) is 0.190. The first-order valence-electron chi connectivity index (χ1n) is 9.04. The summed E-state index contributed by atoms with van der Waals surface area (Å²) < 4.78 is 12.5. The first-order chi connectivity index (χ1) is 14.0. The third-order valence-electron chi connectivity index (χ3n) is 5.43. The van der Waals surface area contributed by atoms with Gasteiger partial charge in [0.2, 0.25) is 6.79 Å². The Bertz CT molecular complexity index is 1230. The molecule has 0 bridgehead atoms. The van der Waals surface area contributed by atoms with E-state index in [1.165, 1.54) is 0 Å². The maximum absolute atomic E-state index is 13.2. The molecule has 0 saturated carbocycles. The van der Waals surface area contributed by atoms with Crippen molar-refractivity contribution in [1.29, 1.82) is 5.26 Å². The summed E-state index contributed by atoms with van der Waals surface area (Å²) in [6.45, 7) is 1.79. The molecule has 8 heteroatoms. The van der Waals surface area contributed by atoms with E-state index < -0.39 is 11.6 Å². The van der Waals surface area contributed by atoms with E-state index in [0.717, 1.165) is 10.4 Å². The minimum absolute atomic E-state index is 0.00931. The average Bonchev–Trinajstić information content (AvgIpc) is 3.39. The summed E-state index contributed by atoms with van der Waals surface area (Å²) in [7, 11) is 0.